The fourth-order valence-electron chi connectivity index (χ4n) is 2.27. The number of ether oxygens (including phenoxy) is 2. The Kier molecular flexibility index (Phi) is 8.03. The quantitative estimate of drug-likeness (QED) is 0.303. The molecule has 2 rings (SSSR count). The SMILES string of the molecule is CCOc1cc(/C=N\NC(=O)c2cccc(C(F)(F)F)c2)cc(I)c1OCC(=O)O. The van der Waals surface area contributed by atoms with Crippen molar-refractivity contribution in [1.29, 1.82) is 0 Å². The molecule has 0 fully saturated rings. The van der Waals surface area contributed by atoms with Crippen molar-refractivity contribution >= 4 is 40.7 Å². The van der Waals surface area contributed by atoms with Crippen molar-refractivity contribution in [2.24, 2.45) is 5.10 Å². The summed E-state index contributed by atoms with van der Waals surface area (Å²) in [6.45, 7) is 1.49. The Morgan fingerprint density at radius 3 is 2.60 bits per heavy atom. The number of hydrogen-bond acceptors (Lipinski definition) is 5. The normalized spacial score (nSPS) is 11.4. The van der Waals surface area contributed by atoms with Crippen LogP contribution in [0, 0.1) is 3.57 Å². The fraction of sp³-hybridized carbons (Fsp3) is 0.211. The van der Waals surface area contributed by atoms with E-state index in [1.165, 1.54) is 18.3 Å². The van der Waals surface area contributed by atoms with Crippen molar-refractivity contribution in [3.05, 3.63) is 56.7 Å². The van der Waals surface area contributed by atoms with E-state index in [-0.39, 0.29) is 17.1 Å². The predicted molar refractivity (Wildman–Crippen MR) is 110 cm³/mol. The minimum Gasteiger partial charge on any atom is -0.490 e. The molecule has 2 N–H and O–H groups in total. The van der Waals surface area contributed by atoms with Gasteiger partial charge in [0.25, 0.3) is 5.91 Å². The number of carbonyl (C=O) groups is 2. The van der Waals surface area contributed by atoms with E-state index < -0.39 is 30.2 Å². The summed E-state index contributed by atoms with van der Waals surface area (Å²) in [4.78, 5) is 22.8. The van der Waals surface area contributed by atoms with Gasteiger partial charge in [-0.3, -0.25) is 4.79 Å². The third-order valence-corrected chi connectivity index (χ3v) is 4.30. The molecule has 0 atom stereocenters. The summed E-state index contributed by atoms with van der Waals surface area (Å²) in [7, 11) is 0. The summed E-state index contributed by atoms with van der Waals surface area (Å²) in [5.74, 6) is -1.41. The number of benzene rings is 2. The molecule has 2 aromatic rings. The van der Waals surface area contributed by atoms with Crippen LogP contribution >= 0.6 is 22.6 Å². The van der Waals surface area contributed by atoms with Crippen molar-refractivity contribution in [1.82, 2.24) is 5.43 Å². The lowest BCUT2D eigenvalue weighted by Gasteiger charge is -2.13. The van der Waals surface area contributed by atoms with Gasteiger partial charge in [0.2, 0.25) is 0 Å². The van der Waals surface area contributed by atoms with Gasteiger partial charge in [0.1, 0.15) is 0 Å². The second-order valence-electron chi connectivity index (χ2n) is 5.72. The zero-order valence-electron chi connectivity index (χ0n) is 15.5. The zero-order chi connectivity index (χ0) is 22.3. The first-order valence-corrected chi connectivity index (χ1v) is 9.51. The maximum atomic E-state index is 12.8. The van der Waals surface area contributed by atoms with Crippen LogP contribution in [0.1, 0.15) is 28.4 Å². The number of amides is 1. The van der Waals surface area contributed by atoms with Crippen molar-refractivity contribution in [3.63, 3.8) is 0 Å². The molecular weight excluding hydrogens is 520 g/mol. The zero-order valence-corrected chi connectivity index (χ0v) is 17.7. The van der Waals surface area contributed by atoms with E-state index in [0.717, 1.165) is 18.2 Å². The van der Waals surface area contributed by atoms with Crippen molar-refractivity contribution < 1.29 is 37.3 Å². The third-order valence-electron chi connectivity index (χ3n) is 3.50. The molecule has 11 heteroatoms. The number of carboxylic acids is 1. The number of carbonyl (C=O) groups excluding carboxylic acids is 1. The highest BCUT2D eigenvalue weighted by molar-refractivity contribution is 14.1. The monoisotopic (exact) mass is 536 g/mol. The van der Waals surface area contributed by atoms with Gasteiger partial charge >= 0.3 is 12.1 Å². The van der Waals surface area contributed by atoms with E-state index in [9.17, 15) is 22.8 Å². The number of hydrogen-bond donors (Lipinski definition) is 2. The van der Waals surface area contributed by atoms with E-state index in [2.05, 4.69) is 10.5 Å². The van der Waals surface area contributed by atoms with Gasteiger partial charge in [0.15, 0.2) is 18.1 Å². The largest absolute Gasteiger partial charge is 0.490 e. The van der Waals surface area contributed by atoms with Gasteiger partial charge in [-0.15, -0.1) is 0 Å². The molecule has 0 saturated heterocycles. The highest BCUT2D eigenvalue weighted by atomic mass is 127. The van der Waals surface area contributed by atoms with Crippen molar-refractivity contribution in [2.75, 3.05) is 13.2 Å². The summed E-state index contributed by atoms with van der Waals surface area (Å²) < 4.78 is 49.5. The van der Waals surface area contributed by atoms with Gasteiger partial charge in [-0.1, -0.05) is 6.07 Å². The van der Waals surface area contributed by atoms with E-state index in [1.807, 2.05) is 22.6 Å². The Bertz CT molecular complexity index is 964. The molecule has 0 spiro atoms. The molecule has 1 amide bonds. The molecule has 0 aliphatic rings. The minimum atomic E-state index is -4.56. The molecule has 0 radical (unpaired) electrons. The molecule has 30 heavy (non-hydrogen) atoms. The van der Waals surface area contributed by atoms with E-state index in [4.69, 9.17) is 14.6 Å². The van der Waals surface area contributed by atoms with E-state index in [1.54, 1.807) is 13.0 Å². The summed E-state index contributed by atoms with van der Waals surface area (Å²) in [6.07, 6.45) is -3.28. The smallest absolute Gasteiger partial charge is 0.416 e. The topological polar surface area (TPSA) is 97.2 Å². The molecule has 2 aromatic carbocycles. The first-order valence-electron chi connectivity index (χ1n) is 8.43. The van der Waals surface area contributed by atoms with Gasteiger partial charge in [-0.2, -0.15) is 18.3 Å². The number of halogens is 4. The molecular formula is C19H16F3IN2O5. The highest BCUT2D eigenvalue weighted by Crippen LogP contribution is 2.34. The van der Waals surface area contributed by atoms with Crippen LogP contribution in [0.5, 0.6) is 11.5 Å². The predicted octanol–water partition coefficient (Wildman–Crippen LogP) is 3.94. The molecule has 0 aliphatic heterocycles. The Labute approximate surface area is 183 Å². The maximum absolute atomic E-state index is 12.8. The lowest BCUT2D eigenvalue weighted by molar-refractivity contribution is -0.139. The average Bonchev–Trinajstić information content (AvgIpc) is 2.66. The Morgan fingerprint density at radius 1 is 1.23 bits per heavy atom. The van der Waals surface area contributed by atoms with E-state index >= 15 is 0 Å². The Balaban J connectivity index is 2.15. The Morgan fingerprint density at radius 2 is 1.97 bits per heavy atom. The summed E-state index contributed by atoms with van der Waals surface area (Å²) in [5, 5.41) is 12.5. The lowest BCUT2D eigenvalue weighted by atomic mass is 10.1. The van der Waals surface area contributed by atoms with Gasteiger partial charge in [-0.25, -0.2) is 10.2 Å². The van der Waals surface area contributed by atoms with Gasteiger partial charge in [0.05, 0.1) is 22.0 Å². The second kappa shape index (κ2) is 10.3. The number of nitrogens with zero attached hydrogens (tertiary/aromatic N) is 1. The molecule has 0 unspecified atom stereocenters. The fourth-order valence-corrected chi connectivity index (χ4v) is 3.05. The molecule has 0 bridgehead atoms. The molecule has 160 valence electrons. The highest BCUT2D eigenvalue weighted by Gasteiger charge is 2.30. The van der Waals surface area contributed by atoms with Crippen LogP contribution in [0.2, 0.25) is 0 Å². The number of aliphatic carboxylic acids is 1. The summed E-state index contributed by atoms with van der Waals surface area (Å²) in [6, 6.07) is 7.11. The first-order chi connectivity index (χ1) is 14.1. The number of alkyl halides is 3. The Hall–Kier alpha value is -2.83. The maximum Gasteiger partial charge on any atom is 0.416 e. The summed E-state index contributed by atoms with van der Waals surface area (Å²) in [5.41, 5.74) is 1.53. The summed E-state index contributed by atoms with van der Waals surface area (Å²) >= 11 is 1.93. The lowest BCUT2D eigenvalue weighted by Crippen LogP contribution is -2.18. The van der Waals surface area contributed by atoms with Crippen LogP contribution < -0.4 is 14.9 Å². The van der Waals surface area contributed by atoms with Crippen LogP contribution in [-0.4, -0.2) is 36.4 Å². The second-order valence-corrected chi connectivity index (χ2v) is 6.89. The number of nitrogens with one attached hydrogen (secondary N) is 1. The molecule has 0 heterocycles. The van der Waals surface area contributed by atoms with Crippen LogP contribution in [0.3, 0.4) is 0 Å². The van der Waals surface area contributed by atoms with Crippen LogP contribution in [0.15, 0.2) is 41.5 Å². The molecule has 7 nitrogen and oxygen atoms in total. The van der Waals surface area contributed by atoms with Crippen molar-refractivity contribution in [3.8, 4) is 11.5 Å². The standard InChI is InChI=1S/C19H16F3IN2O5/c1-2-29-15-7-11(6-14(23)17(15)30-10-16(26)27)9-24-25-18(28)12-4-3-5-13(8-12)19(20,21)22/h3-9H,2,10H2,1H3,(H,25,28)(H,26,27)/b24-9-. The van der Waals surface area contributed by atoms with Crippen LogP contribution in [0.4, 0.5) is 13.2 Å². The third kappa shape index (κ3) is 6.61. The molecule has 0 aliphatic carbocycles. The van der Waals surface area contributed by atoms with Crippen LogP contribution in [0.25, 0.3) is 0 Å². The van der Waals surface area contributed by atoms with E-state index in [0.29, 0.717) is 15.7 Å². The van der Waals surface area contributed by atoms with Gasteiger partial charge < -0.3 is 14.6 Å². The van der Waals surface area contributed by atoms with Gasteiger partial charge in [0, 0.05) is 5.56 Å². The molecule has 0 saturated carbocycles. The van der Waals surface area contributed by atoms with Gasteiger partial charge in [-0.05, 0) is 65.4 Å². The number of rotatable bonds is 8. The average molecular weight is 536 g/mol. The van der Waals surface area contributed by atoms with Crippen molar-refractivity contribution in [2.45, 2.75) is 13.1 Å². The number of hydrazone groups is 1. The first kappa shape index (κ1) is 23.4. The number of carboxylic acid groups (broad SMARTS) is 1. The van der Waals surface area contributed by atoms with Crippen LogP contribution in [-0.2, 0) is 11.0 Å². The minimum absolute atomic E-state index is 0.191. The molecule has 0 aromatic heterocycles.